The van der Waals surface area contributed by atoms with Crippen molar-refractivity contribution in [1.29, 1.82) is 0 Å². The van der Waals surface area contributed by atoms with Crippen LogP contribution in [0, 0.1) is 28.8 Å². The Morgan fingerprint density at radius 2 is 2.14 bits per heavy atom. The minimum absolute atomic E-state index is 0.00463. The maximum Gasteiger partial charge on any atom is 0.275 e. The number of aryl methyl sites for hydroxylation is 1. The molecule has 0 amide bonds. The predicted octanol–water partition coefficient (Wildman–Crippen LogP) is 3.36. The molecule has 0 radical (unpaired) electrons. The van der Waals surface area contributed by atoms with E-state index in [0.29, 0.717) is 17.9 Å². The van der Waals surface area contributed by atoms with Crippen molar-refractivity contribution >= 4 is 5.69 Å². The van der Waals surface area contributed by atoms with Crippen molar-refractivity contribution < 1.29 is 19.2 Å². The van der Waals surface area contributed by atoms with Crippen molar-refractivity contribution in [2.45, 2.75) is 45.1 Å². The number of aliphatic hydroxyl groups is 1. The normalized spacial score (nSPS) is 16.9. The number of nitro benzene ring substituents is 1. The lowest BCUT2D eigenvalue weighted by Gasteiger charge is -2.16. The van der Waals surface area contributed by atoms with Crippen molar-refractivity contribution in [1.82, 2.24) is 0 Å². The summed E-state index contributed by atoms with van der Waals surface area (Å²) in [5.74, 6) is -0.309. The first-order valence-electron chi connectivity index (χ1n) is 7.22. The van der Waals surface area contributed by atoms with Gasteiger partial charge in [0.1, 0.15) is 6.61 Å². The average Bonchev–Trinajstić information content (AvgIpc) is 2.91. The molecule has 1 unspecified atom stereocenters. The van der Waals surface area contributed by atoms with Crippen LogP contribution in [0.4, 0.5) is 10.1 Å². The van der Waals surface area contributed by atoms with E-state index in [1.807, 2.05) is 0 Å². The van der Waals surface area contributed by atoms with Crippen LogP contribution in [-0.4, -0.2) is 22.7 Å². The van der Waals surface area contributed by atoms with Gasteiger partial charge >= 0.3 is 0 Å². The van der Waals surface area contributed by atoms with Crippen LogP contribution in [0.3, 0.4) is 0 Å². The lowest BCUT2D eigenvalue weighted by Crippen LogP contribution is -2.20. The minimum atomic E-state index is -0.777. The zero-order valence-electron chi connectivity index (χ0n) is 12.0. The SMILES string of the molecule is Cc1cc(OCC(O)CC2CCCC2)c(F)cc1[N+](=O)[O-]. The van der Waals surface area contributed by atoms with Crippen LogP contribution in [0.5, 0.6) is 5.75 Å². The van der Waals surface area contributed by atoms with Gasteiger partial charge in [0.05, 0.1) is 17.1 Å². The Bertz CT molecular complexity index is 515. The highest BCUT2D eigenvalue weighted by Gasteiger charge is 2.20. The topological polar surface area (TPSA) is 72.6 Å². The number of hydrogen-bond donors (Lipinski definition) is 1. The van der Waals surface area contributed by atoms with E-state index in [0.717, 1.165) is 18.9 Å². The third-order valence-corrected chi connectivity index (χ3v) is 3.96. The Hall–Kier alpha value is -1.69. The summed E-state index contributed by atoms with van der Waals surface area (Å²) >= 11 is 0. The Balaban J connectivity index is 1.93. The molecule has 1 N–H and O–H groups in total. The van der Waals surface area contributed by atoms with E-state index in [1.54, 1.807) is 0 Å². The van der Waals surface area contributed by atoms with Gasteiger partial charge in [0.2, 0.25) is 0 Å². The summed E-state index contributed by atoms with van der Waals surface area (Å²) < 4.78 is 19.0. The second kappa shape index (κ2) is 6.85. The fraction of sp³-hybridized carbons (Fsp3) is 0.600. The summed E-state index contributed by atoms with van der Waals surface area (Å²) in [6, 6.07) is 2.16. The molecule has 21 heavy (non-hydrogen) atoms. The van der Waals surface area contributed by atoms with Gasteiger partial charge in [-0.15, -0.1) is 0 Å². The quantitative estimate of drug-likeness (QED) is 0.645. The highest BCUT2D eigenvalue weighted by atomic mass is 19.1. The van der Waals surface area contributed by atoms with Crippen molar-refractivity contribution in [3.8, 4) is 5.75 Å². The first-order valence-corrected chi connectivity index (χ1v) is 7.22. The highest BCUT2D eigenvalue weighted by Crippen LogP contribution is 2.30. The molecule has 0 heterocycles. The Morgan fingerprint density at radius 3 is 2.76 bits per heavy atom. The zero-order valence-corrected chi connectivity index (χ0v) is 12.0. The van der Waals surface area contributed by atoms with Gasteiger partial charge in [-0.25, -0.2) is 4.39 Å². The molecule has 1 saturated carbocycles. The smallest absolute Gasteiger partial charge is 0.275 e. The van der Waals surface area contributed by atoms with Gasteiger partial charge in [0, 0.05) is 5.56 Å². The summed E-state index contributed by atoms with van der Waals surface area (Å²) in [5, 5.41) is 20.6. The van der Waals surface area contributed by atoms with Gasteiger partial charge in [-0.05, 0) is 25.3 Å². The Kier molecular flexibility index (Phi) is 5.12. The average molecular weight is 297 g/mol. The molecule has 2 rings (SSSR count). The van der Waals surface area contributed by atoms with Gasteiger partial charge in [-0.1, -0.05) is 25.7 Å². The molecule has 0 aliphatic heterocycles. The molecule has 1 atom stereocenters. The standard InChI is InChI=1S/C15H20FNO4/c1-10-6-15(13(16)8-14(10)17(19)20)21-9-12(18)7-11-4-2-3-5-11/h6,8,11-12,18H,2-5,7,9H2,1H3. The third kappa shape index (κ3) is 4.14. The van der Waals surface area contributed by atoms with Gasteiger partial charge in [0.15, 0.2) is 11.6 Å². The Morgan fingerprint density at radius 1 is 1.48 bits per heavy atom. The number of benzene rings is 1. The second-order valence-electron chi connectivity index (χ2n) is 5.68. The van der Waals surface area contributed by atoms with Crippen molar-refractivity contribution in [2.75, 3.05) is 6.61 Å². The first kappa shape index (κ1) is 15.7. The fourth-order valence-corrected chi connectivity index (χ4v) is 2.84. The van der Waals surface area contributed by atoms with E-state index in [2.05, 4.69) is 0 Å². The van der Waals surface area contributed by atoms with Crippen molar-refractivity contribution in [2.24, 2.45) is 5.92 Å². The molecule has 1 aromatic rings. The summed E-state index contributed by atoms with van der Waals surface area (Å²) in [5.41, 5.74) is 0.0630. The summed E-state index contributed by atoms with van der Waals surface area (Å²) in [6.07, 6.45) is 4.68. The van der Waals surface area contributed by atoms with Crippen LogP contribution in [0.1, 0.15) is 37.7 Å². The van der Waals surface area contributed by atoms with Crippen LogP contribution >= 0.6 is 0 Å². The number of ether oxygens (including phenoxy) is 1. The molecular weight excluding hydrogens is 277 g/mol. The predicted molar refractivity (Wildman–Crippen MR) is 75.9 cm³/mol. The van der Waals surface area contributed by atoms with Crippen LogP contribution < -0.4 is 4.74 Å². The molecule has 116 valence electrons. The van der Waals surface area contributed by atoms with Gasteiger partial charge in [-0.2, -0.15) is 0 Å². The molecule has 1 fully saturated rings. The monoisotopic (exact) mass is 297 g/mol. The third-order valence-electron chi connectivity index (χ3n) is 3.96. The van der Waals surface area contributed by atoms with Crippen LogP contribution in [0.25, 0.3) is 0 Å². The maximum absolute atomic E-state index is 13.7. The molecule has 0 saturated heterocycles. The number of nitro groups is 1. The highest BCUT2D eigenvalue weighted by molar-refractivity contribution is 5.45. The summed E-state index contributed by atoms with van der Waals surface area (Å²) in [6.45, 7) is 1.53. The molecule has 1 aromatic carbocycles. The van der Waals surface area contributed by atoms with Gasteiger partial charge in [0.25, 0.3) is 5.69 Å². The fourth-order valence-electron chi connectivity index (χ4n) is 2.84. The summed E-state index contributed by atoms with van der Waals surface area (Å²) in [7, 11) is 0. The van der Waals surface area contributed by atoms with E-state index in [4.69, 9.17) is 4.74 Å². The Labute approximate surface area is 122 Å². The van der Waals surface area contributed by atoms with Crippen molar-refractivity contribution in [3.05, 3.63) is 33.6 Å². The molecule has 0 aromatic heterocycles. The summed E-state index contributed by atoms with van der Waals surface area (Å²) in [4.78, 5) is 10.1. The van der Waals surface area contributed by atoms with Crippen LogP contribution in [-0.2, 0) is 0 Å². The number of halogens is 1. The molecule has 0 bridgehead atoms. The molecule has 6 heteroatoms. The lowest BCUT2D eigenvalue weighted by molar-refractivity contribution is -0.385. The molecule has 0 spiro atoms. The largest absolute Gasteiger partial charge is 0.488 e. The molecule has 1 aliphatic rings. The van der Waals surface area contributed by atoms with Crippen LogP contribution in [0.15, 0.2) is 12.1 Å². The van der Waals surface area contributed by atoms with Gasteiger partial charge < -0.3 is 9.84 Å². The van der Waals surface area contributed by atoms with Crippen molar-refractivity contribution in [3.63, 3.8) is 0 Å². The maximum atomic E-state index is 13.7. The number of nitrogens with zero attached hydrogens (tertiary/aromatic N) is 1. The first-order chi connectivity index (χ1) is 9.97. The second-order valence-corrected chi connectivity index (χ2v) is 5.68. The molecule has 1 aliphatic carbocycles. The number of hydrogen-bond acceptors (Lipinski definition) is 4. The van der Waals surface area contributed by atoms with E-state index < -0.39 is 16.8 Å². The minimum Gasteiger partial charge on any atom is -0.488 e. The number of rotatable bonds is 6. The number of aliphatic hydroxyl groups excluding tert-OH is 1. The van der Waals surface area contributed by atoms with E-state index in [9.17, 15) is 19.6 Å². The molecule has 5 nitrogen and oxygen atoms in total. The molecular formula is C15H20FNO4. The zero-order chi connectivity index (χ0) is 15.4. The van der Waals surface area contributed by atoms with E-state index in [1.165, 1.54) is 25.8 Å². The van der Waals surface area contributed by atoms with Gasteiger partial charge in [-0.3, -0.25) is 10.1 Å². The van der Waals surface area contributed by atoms with E-state index >= 15 is 0 Å². The van der Waals surface area contributed by atoms with E-state index in [-0.39, 0.29) is 18.0 Å². The lowest BCUT2D eigenvalue weighted by atomic mass is 10.0. The van der Waals surface area contributed by atoms with Crippen LogP contribution in [0.2, 0.25) is 0 Å².